The summed E-state index contributed by atoms with van der Waals surface area (Å²) in [5.74, 6) is -0.223. The average Bonchev–Trinajstić information content (AvgIpc) is 2.34. The Morgan fingerprint density at radius 1 is 1.37 bits per heavy atom. The normalized spacial score (nSPS) is 14.7. The van der Waals surface area contributed by atoms with Crippen molar-refractivity contribution in [2.24, 2.45) is 10.9 Å². The van der Waals surface area contributed by atoms with Gasteiger partial charge in [-0.1, -0.05) is 28.4 Å². The highest BCUT2D eigenvalue weighted by molar-refractivity contribution is 7.89. The fraction of sp³-hybridized carbons (Fsp3) is 0.300. The summed E-state index contributed by atoms with van der Waals surface area (Å²) in [6.45, 7) is 1.48. The Balaban J connectivity index is 3.24. The fourth-order valence-corrected chi connectivity index (χ4v) is 3.39. The quantitative estimate of drug-likeness (QED) is 0.381. The molecule has 0 amide bonds. The van der Waals surface area contributed by atoms with Crippen LogP contribution in [0, 0.1) is 0 Å². The van der Waals surface area contributed by atoms with Gasteiger partial charge in [-0.15, -0.1) is 0 Å². The Morgan fingerprint density at radius 2 is 1.84 bits per heavy atom. The van der Waals surface area contributed by atoms with Crippen LogP contribution in [0.5, 0.6) is 0 Å². The van der Waals surface area contributed by atoms with E-state index in [4.69, 9.17) is 34.1 Å². The summed E-state index contributed by atoms with van der Waals surface area (Å²) in [5.41, 5.74) is 5.39. The van der Waals surface area contributed by atoms with Gasteiger partial charge in [0.05, 0.1) is 10.9 Å². The second-order valence-corrected chi connectivity index (χ2v) is 6.70. The Bertz CT molecular complexity index is 584. The van der Waals surface area contributed by atoms with Crippen LogP contribution in [0.1, 0.15) is 6.92 Å². The summed E-state index contributed by atoms with van der Waals surface area (Å²) in [7, 11) is -2.53. The number of likely N-dealkylation sites (N-methyl/N-ethyl adjacent to an activating group) is 1. The zero-order valence-corrected chi connectivity index (χ0v) is 12.5. The molecule has 0 radical (unpaired) electrons. The van der Waals surface area contributed by atoms with E-state index in [2.05, 4.69) is 5.16 Å². The topological polar surface area (TPSA) is 96.0 Å². The lowest BCUT2D eigenvalue weighted by Crippen LogP contribution is -2.43. The van der Waals surface area contributed by atoms with Gasteiger partial charge in [-0.3, -0.25) is 0 Å². The first-order valence-corrected chi connectivity index (χ1v) is 7.31. The molecule has 6 nitrogen and oxygen atoms in total. The van der Waals surface area contributed by atoms with Crippen molar-refractivity contribution in [3.63, 3.8) is 0 Å². The van der Waals surface area contributed by atoms with Gasteiger partial charge in [-0.25, -0.2) is 8.42 Å². The monoisotopic (exact) mass is 325 g/mol. The van der Waals surface area contributed by atoms with Gasteiger partial charge in [0, 0.05) is 17.1 Å². The zero-order valence-electron chi connectivity index (χ0n) is 10.2. The van der Waals surface area contributed by atoms with E-state index in [-0.39, 0.29) is 20.8 Å². The lowest BCUT2D eigenvalue weighted by atomic mass is 10.3. The highest BCUT2D eigenvalue weighted by Gasteiger charge is 2.28. The van der Waals surface area contributed by atoms with Gasteiger partial charge in [-0.2, -0.15) is 4.31 Å². The first-order chi connectivity index (χ1) is 8.70. The first kappa shape index (κ1) is 16.0. The van der Waals surface area contributed by atoms with Crippen molar-refractivity contribution >= 4 is 39.1 Å². The number of sulfonamides is 1. The molecule has 19 heavy (non-hydrogen) atoms. The Kier molecular flexibility index (Phi) is 5.03. The minimum Gasteiger partial charge on any atom is -0.409 e. The number of hydrogen-bond acceptors (Lipinski definition) is 4. The van der Waals surface area contributed by atoms with Crippen molar-refractivity contribution in [2.45, 2.75) is 17.9 Å². The summed E-state index contributed by atoms with van der Waals surface area (Å²) in [6, 6.07) is 3.17. The molecule has 0 aliphatic heterocycles. The first-order valence-electron chi connectivity index (χ1n) is 5.11. The summed E-state index contributed by atoms with van der Waals surface area (Å²) in [5, 5.41) is 11.8. The SMILES string of the molecule is CC(C(N)=NO)N(C)S(=O)(=O)c1cc(Cl)cc(Cl)c1. The maximum Gasteiger partial charge on any atom is 0.243 e. The van der Waals surface area contributed by atoms with Crippen LogP contribution in [0.4, 0.5) is 0 Å². The van der Waals surface area contributed by atoms with Crippen LogP contribution in [0.15, 0.2) is 28.3 Å². The van der Waals surface area contributed by atoms with Crippen LogP contribution in [0.3, 0.4) is 0 Å². The molecule has 9 heteroatoms. The number of amidine groups is 1. The van der Waals surface area contributed by atoms with E-state index >= 15 is 0 Å². The van der Waals surface area contributed by atoms with E-state index in [0.717, 1.165) is 4.31 Å². The molecule has 0 aliphatic carbocycles. The summed E-state index contributed by atoms with van der Waals surface area (Å²) < 4.78 is 25.6. The molecule has 1 atom stereocenters. The van der Waals surface area contributed by atoms with Gasteiger partial charge in [0.1, 0.15) is 0 Å². The van der Waals surface area contributed by atoms with E-state index in [1.165, 1.54) is 32.2 Å². The van der Waals surface area contributed by atoms with Crippen LogP contribution in [-0.2, 0) is 10.0 Å². The molecule has 1 rings (SSSR count). The molecule has 0 heterocycles. The summed E-state index contributed by atoms with van der Waals surface area (Å²) in [4.78, 5) is -0.0647. The Labute approximate surface area is 121 Å². The van der Waals surface area contributed by atoms with Crippen molar-refractivity contribution in [1.29, 1.82) is 0 Å². The van der Waals surface area contributed by atoms with Crippen LogP contribution >= 0.6 is 23.2 Å². The van der Waals surface area contributed by atoms with E-state index < -0.39 is 16.1 Å². The molecule has 0 spiro atoms. The minimum absolute atomic E-state index is 0.0647. The van der Waals surface area contributed by atoms with Crippen molar-refractivity contribution in [3.8, 4) is 0 Å². The van der Waals surface area contributed by atoms with E-state index in [0.29, 0.717) is 0 Å². The van der Waals surface area contributed by atoms with E-state index in [1.807, 2.05) is 0 Å². The minimum atomic E-state index is -3.85. The third-order valence-electron chi connectivity index (χ3n) is 2.60. The molecular formula is C10H13Cl2N3O3S. The molecule has 0 bridgehead atoms. The molecule has 106 valence electrons. The number of benzene rings is 1. The van der Waals surface area contributed by atoms with Crippen molar-refractivity contribution in [3.05, 3.63) is 28.2 Å². The molecular weight excluding hydrogens is 313 g/mol. The molecule has 0 fully saturated rings. The van der Waals surface area contributed by atoms with Gasteiger partial charge in [0.25, 0.3) is 0 Å². The van der Waals surface area contributed by atoms with E-state index in [9.17, 15) is 8.42 Å². The fourth-order valence-electron chi connectivity index (χ4n) is 1.32. The number of oxime groups is 1. The average molecular weight is 326 g/mol. The summed E-state index contributed by atoms with van der Waals surface area (Å²) >= 11 is 11.5. The number of nitrogens with zero attached hydrogens (tertiary/aromatic N) is 2. The molecule has 0 aromatic heterocycles. The van der Waals surface area contributed by atoms with Crippen molar-refractivity contribution < 1.29 is 13.6 Å². The predicted molar refractivity (Wildman–Crippen MR) is 74.3 cm³/mol. The molecule has 1 aromatic rings. The number of hydrogen-bond donors (Lipinski definition) is 2. The Hall–Kier alpha value is -1.02. The molecule has 0 saturated heterocycles. The van der Waals surface area contributed by atoms with Gasteiger partial charge >= 0.3 is 0 Å². The molecule has 0 aliphatic rings. The number of halogens is 2. The van der Waals surface area contributed by atoms with E-state index in [1.54, 1.807) is 0 Å². The van der Waals surface area contributed by atoms with Gasteiger partial charge < -0.3 is 10.9 Å². The highest BCUT2D eigenvalue weighted by Crippen LogP contribution is 2.25. The smallest absolute Gasteiger partial charge is 0.243 e. The molecule has 3 N–H and O–H groups in total. The predicted octanol–water partition coefficient (Wildman–Crippen LogP) is 1.75. The van der Waals surface area contributed by atoms with Gasteiger partial charge in [0.2, 0.25) is 10.0 Å². The maximum atomic E-state index is 12.3. The highest BCUT2D eigenvalue weighted by atomic mass is 35.5. The van der Waals surface area contributed by atoms with Crippen molar-refractivity contribution in [1.82, 2.24) is 4.31 Å². The second-order valence-electron chi connectivity index (χ2n) is 3.83. The Morgan fingerprint density at radius 3 is 2.26 bits per heavy atom. The zero-order chi connectivity index (χ0) is 14.8. The summed E-state index contributed by atoms with van der Waals surface area (Å²) in [6.07, 6.45) is 0. The number of rotatable bonds is 4. The molecule has 0 saturated carbocycles. The second kappa shape index (κ2) is 5.96. The lowest BCUT2D eigenvalue weighted by molar-refractivity contribution is 0.311. The largest absolute Gasteiger partial charge is 0.409 e. The maximum absolute atomic E-state index is 12.3. The third kappa shape index (κ3) is 3.50. The van der Waals surface area contributed by atoms with Crippen molar-refractivity contribution in [2.75, 3.05) is 7.05 Å². The van der Waals surface area contributed by atoms with Crippen LogP contribution < -0.4 is 5.73 Å². The molecule has 1 aromatic carbocycles. The lowest BCUT2D eigenvalue weighted by Gasteiger charge is -2.23. The van der Waals surface area contributed by atoms with Gasteiger partial charge in [-0.05, 0) is 25.1 Å². The van der Waals surface area contributed by atoms with Crippen LogP contribution in [-0.4, -0.2) is 36.9 Å². The number of nitrogens with two attached hydrogens (primary N) is 1. The third-order valence-corrected chi connectivity index (χ3v) is 4.94. The molecule has 1 unspecified atom stereocenters. The van der Waals surface area contributed by atoms with Gasteiger partial charge in [0.15, 0.2) is 5.84 Å². The van der Waals surface area contributed by atoms with Crippen LogP contribution in [0.25, 0.3) is 0 Å². The van der Waals surface area contributed by atoms with Crippen LogP contribution in [0.2, 0.25) is 10.0 Å². The standard InChI is InChI=1S/C10H13Cl2N3O3S/c1-6(10(13)14-16)15(2)19(17,18)9-4-7(11)3-8(12)5-9/h3-6,16H,1-2H3,(H2,13,14).